The molecule has 3 rings (SSSR count). The number of methoxy groups -OCH3 is 1. The van der Waals surface area contributed by atoms with Crippen LogP contribution in [0.1, 0.15) is 30.1 Å². The van der Waals surface area contributed by atoms with Crippen LogP contribution in [0, 0.1) is 5.92 Å². The van der Waals surface area contributed by atoms with Gasteiger partial charge >= 0.3 is 0 Å². The summed E-state index contributed by atoms with van der Waals surface area (Å²) in [4.78, 5) is 22.5. The van der Waals surface area contributed by atoms with E-state index >= 15 is 0 Å². The van der Waals surface area contributed by atoms with Gasteiger partial charge < -0.3 is 15.0 Å². The highest BCUT2D eigenvalue weighted by atomic mass is 16.5. The van der Waals surface area contributed by atoms with Crippen molar-refractivity contribution < 1.29 is 9.53 Å². The molecule has 0 unspecified atom stereocenters. The number of nitrogens with one attached hydrogen (secondary N) is 1. The highest BCUT2D eigenvalue weighted by Crippen LogP contribution is 2.35. The molecule has 0 radical (unpaired) electrons. The first-order valence-corrected chi connectivity index (χ1v) is 8.39. The molecule has 0 spiro atoms. The fraction of sp³-hybridized carbons (Fsp3) is 0.529. The molecule has 1 saturated heterocycles. The molecular formula is C17H24N6O2. The van der Waals surface area contributed by atoms with E-state index in [1.54, 1.807) is 24.2 Å². The number of rotatable bonds is 6. The van der Waals surface area contributed by atoms with Crippen molar-refractivity contribution in [1.82, 2.24) is 30.0 Å². The molecule has 0 bridgehead atoms. The number of likely N-dealkylation sites (tertiary alicyclic amines) is 1. The number of aromatic nitrogens is 4. The van der Waals surface area contributed by atoms with Gasteiger partial charge in [-0.05, 0) is 12.3 Å². The maximum atomic E-state index is 12.2. The average molecular weight is 344 g/mol. The lowest BCUT2D eigenvalue weighted by Crippen LogP contribution is -2.43. The third-order valence-electron chi connectivity index (χ3n) is 4.68. The van der Waals surface area contributed by atoms with Gasteiger partial charge in [0.25, 0.3) is 0 Å². The van der Waals surface area contributed by atoms with Gasteiger partial charge in [-0.3, -0.25) is 14.5 Å². The van der Waals surface area contributed by atoms with Crippen LogP contribution in [0.5, 0.6) is 5.88 Å². The van der Waals surface area contributed by atoms with E-state index in [4.69, 9.17) is 4.74 Å². The first-order valence-electron chi connectivity index (χ1n) is 8.39. The van der Waals surface area contributed by atoms with Crippen LogP contribution in [0.25, 0.3) is 0 Å². The number of aryl methyl sites for hydroxylation is 1. The van der Waals surface area contributed by atoms with E-state index < -0.39 is 0 Å². The summed E-state index contributed by atoms with van der Waals surface area (Å²) in [5, 5.41) is 7.70. The SMILES string of the molecule is COc1nccnc1CNC[C@H]1CCC(=O)N(C)[C@@H]1c1cnn(C)c1. The number of nitrogens with zero attached hydrogens (tertiary/aromatic N) is 5. The Morgan fingerprint density at radius 1 is 1.32 bits per heavy atom. The molecule has 1 aliphatic heterocycles. The van der Waals surface area contributed by atoms with E-state index in [9.17, 15) is 4.79 Å². The second kappa shape index (κ2) is 7.60. The summed E-state index contributed by atoms with van der Waals surface area (Å²) >= 11 is 0. The summed E-state index contributed by atoms with van der Waals surface area (Å²) in [6.45, 7) is 1.35. The molecule has 1 amide bonds. The standard InChI is InChI=1S/C17H24N6O2/c1-22-11-13(9-21-22)16-12(4-5-15(24)23(16)2)8-18-10-14-17(25-3)20-7-6-19-14/h6-7,9,11-12,16,18H,4-5,8,10H2,1-3H3/t12-,16+/m1/s1. The molecule has 2 aromatic heterocycles. The first-order chi connectivity index (χ1) is 12.1. The molecule has 0 aromatic carbocycles. The molecular weight excluding hydrogens is 320 g/mol. The smallest absolute Gasteiger partial charge is 0.236 e. The van der Waals surface area contributed by atoms with Crippen LogP contribution < -0.4 is 10.1 Å². The van der Waals surface area contributed by atoms with Gasteiger partial charge in [0.05, 0.1) is 19.3 Å². The normalized spacial score (nSPS) is 20.8. The summed E-state index contributed by atoms with van der Waals surface area (Å²) in [7, 11) is 5.35. The number of piperidine rings is 1. The average Bonchev–Trinajstić information content (AvgIpc) is 3.04. The van der Waals surface area contributed by atoms with Crippen molar-refractivity contribution in [3.05, 3.63) is 36.0 Å². The zero-order valence-electron chi connectivity index (χ0n) is 14.8. The second-order valence-corrected chi connectivity index (χ2v) is 6.34. The lowest BCUT2D eigenvalue weighted by molar-refractivity contribution is -0.137. The van der Waals surface area contributed by atoms with Gasteiger partial charge in [0.2, 0.25) is 11.8 Å². The monoisotopic (exact) mass is 344 g/mol. The van der Waals surface area contributed by atoms with Gasteiger partial charge in [0.1, 0.15) is 5.69 Å². The van der Waals surface area contributed by atoms with E-state index in [1.165, 1.54) is 0 Å². The predicted octanol–water partition coefficient (Wildman–Crippen LogP) is 0.918. The third kappa shape index (κ3) is 3.79. The van der Waals surface area contributed by atoms with Crippen LogP contribution in [0.3, 0.4) is 0 Å². The highest BCUT2D eigenvalue weighted by Gasteiger charge is 2.35. The first kappa shape index (κ1) is 17.3. The summed E-state index contributed by atoms with van der Waals surface area (Å²) in [5.41, 5.74) is 1.85. The van der Waals surface area contributed by atoms with E-state index in [-0.39, 0.29) is 11.9 Å². The zero-order chi connectivity index (χ0) is 17.8. The van der Waals surface area contributed by atoms with Gasteiger partial charge in [-0.15, -0.1) is 0 Å². The molecule has 1 aliphatic rings. The Kier molecular flexibility index (Phi) is 5.28. The summed E-state index contributed by atoms with van der Waals surface area (Å²) in [5.74, 6) is 1.03. The molecule has 1 fully saturated rings. The topological polar surface area (TPSA) is 85.2 Å². The van der Waals surface area contributed by atoms with Crippen molar-refractivity contribution >= 4 is 5.91 Å². The number of hydrogen-bond acceptors (Lipinski definition) is 6. The Morgan fingerprint density at radius 2 is 2.12 bits per heavy atom. The van der Waals surface area contributed by atoms with Crippen LogP contribution in [0.2, 0.25) is 0 Å². The molecule has 8 heteroatoms. The Bertz CT molecular complexity index is 731. The van der Waals surface area contributed by atoms with Gasteiger partial charge in [0.15, 0.2) is 0 Å². The number of ether oxygens (including phenoxy) is 1. The van der Waals surface area contributed by atoms with E-state index in [0.29, 0.717) is 24.8 Å². The Hall–Kier alpha value is -2.48. The number of amides is 1. The van der Waals surface area contributed by atoms with Crippen molar-refractivity contribution in [2.24, 2.45) is 13.0 Å². The fourth-order valence-corrected chi connectivity index (χ4v) is 3.44. The molecule has 2 aromatic rings. The largest absolute Gasteiger partial charge is 0.480 e. The van der Waals surface area contributed by atoms with E-state index in [0.717, 1.165) is 24.2 Å². The molecule has 0 saturated carbocycles. The van der Waals surface area contributed by atoms with Crippen LogP contribution in [0.15, 0.2) is 24.8 Å². The molecule has 8 nitrogen and oxygen atoms in total. The summed E-state index contributed by atoms with van der Waals surface area (Å²) in [6.07, 6.45) is 8.53. The third-order valence-corrected chi connectivity index (χ3v) is 4.68. The van der Waals surface area contributed by atoms with E-state index in [1.807, 2.05) is 31.4 Å². The van der Waals surface area contributed by atoms with Crippen molar-refractivity contribution in [3.63, 3.8) is 0 Å². The van der Waals surface area contributed by atoms with Gasteiger partial charge in [-0.25, -0.2) is 4.98 Å². The lowest BCUT2D eigenvalue weighted by atomic mass is 9.85. The van der Waals surface area contributed by atoms with Crippen LogP contribution in [0.4, 0.5) is 0 Å². The number of carbonyl (C=O) groups is 1. The molecule has 25 heavy (non-hydrogen) atoms. The molecule has 0 aliphatic carbocycles. The Labute approximate surface area is 147 Å². The Morgan fingerprint density at radius 3 is 2.84 bits per heavy atom. The summed E-state index contributed by atoms with van der Waals surface area (Å²) < 4.78 is 7.01. The summed E-state index contributed by atoms with van der Waals surface area (Å²) in [6, 6.07) is 0.0335. The minimum absolute atomic E-state index is 0.0335. The Balaban J connectivity index is 1.68. The fourth-order valence-electron chi connectivity index (χ4n) is 3.44. The number of hydrogen-bond donors (Lipinski definition) is 1. The van der Waals surface area contributed by atoms with Crippen molar-refractivity contribution in [2.45, 2.75) is 25.4 Å². The molecule has 134 valence electrons. The van der Waals surface area contributed by atoms with Gasteiger partial charge in [-0.2, -0.15) is 5.10 Å². The van der Waals surface area contributed by atoms with Crippen molar-refractivity contribution in [1.29, 1.82) is 0 Å². The number of carbonyl (C=O) groups excluding carboxylic acids is 1. The maximum absolute atomic E-state index is 12.2. The van der Waals surface area contributed by atoms with E-state index in [2.05, 4.69) is 20.4 Å². The quantitative estimate of drug-likeness (QED) is 0.839. The molecule has 3 heterocycles. The van der Waals surface area contributed by atoms with Crippen LogP contribution in [-0.4, -0.2) is 51.3 Å². The van der Waals surface area contributed by atoms with Crippen molar-refractivity contribution in [2.75, 3.05) is 20.7 Å². The lowest BCUT2D eigenvalue weighted by Gasteiger charge is -2.38. The molecule has 2 atom stereocenters. The van der Waals surface area contributed by atoms with Gasteiger partial charge in [0, 0.05) is 57.8 Å². The zero-order valence-corrected chi connectivity index (χ0v) is 14.8. The minimum Gasteiger partial charge on any atom is -0.480 e. The maximum Gasteiger partial charge on any atom is 0.236 e. The highest BCUT2D eigenvalue weighted by molar-refractivity contribution is 5.77. The second-order valence-electron chi connectivity index (χ2n) is 6.34. The minimum atomic E-state index is 0.0335. The predicted molar refractivity (Wildman–Crippen MR) is 91.7 cm³/mol. The van der Waals surface area contributed by atoms with Crippen LogP contribution >= 0.6 is 0 Å². The van der Waals surface area contributed by atoms with Gasteiger partial charge in [-0.1, -0.05) is 0 Å². The molecule has 1 N–H and O–H groups in total. The van der Waals surface area contributed by atoms with Crippen molar-refractivity contribution in [3.8, 4) is 5.88 Å². The van der Waals surface area contributed by atoms with Crippen LogP contribution in [-0.2, 0) is 18.4 Å².